The molecule has 4 atom stereocenters. The van der Waals surface area contributed by atoms with Crippen molar-refractivity contribution in [3.05, 3.63) is 23.9 Å². The van der Waals surface area contributed by atoms with Gasteiger partial charge in [0.05, 0.1) is 6.42 Å². The quantitative estimate of drug-likeness (QED) is 0.178. The SMILES string of the molecule is C/C=C1\NC(=O)C2CSSCC/C=C/C(CC(=O)N[C@H](C(C)C)C(=O)N2)OC(=O)C(C(C)C)NC1=O. The Bertz CT molecular complexity index is 905. The van der Waals surface area contributed by atoms with Gasteiger partial charge < -0.3 is 26.0 Å². The van der Waals surface area contributed by atoms with Crippen LogP contribution >= 0.6 is 21.6 Å². The molecule has 0 aliphatic carbocycles. The fraction of sp³-hybridized carbons (Fsp3) is 0.625. The first-order valence-electron chi connectivity index (χ1n) is 12.0. The molecule has 0 aromatic carbocycles. The molecule has 2 heterocycles. The summed E-state index contributed by atoms with van der Waals surface area (Å²) in [6, 6.07) is -2.86. The highest BCUT2D eigenvalue weighted by Gasteiger charge is 2.33. The van der Waals surface area contributed by atoms with Gasteiger partial charge in [0.15, 0.2) is 0 Å². The smallest absolute Gasteiger partial charge is 0.329 e. The molecule has 4 amide bonds. The van der Waals surface area contributed by atoms with E-state index in [0.29, 0.717) is 12.2 Å². The van der Waals surface area contributed by atoms with E-state index < -0.39 is 53.8 Å². The van der Waals surface area contributed by atoms with E-state index in [1.807, 2.05) is 6.08 Å². The van der Waals surface area contributed by atoms with Crippen LogP contribution in [0.1, 0.15) is 47.5 Å². The Labute approximate surface area is 220 Å². The molecule has 2 bridgehead atoms. The Kier molecular flexibility index (Phi) is 11.8. The van der Waals surface area contributed by atoms with Crippen molar-refractivity contribution in [3.63, 3.8) is 0 Å². The van der Waals surface area contributed by atoms with E-state index in [2.05, 4.69) is 21.3 Å². The highest BCUT2D eigenvalue weighted by molar-refractivity contribution is 8.76. The summed E-state index contributed by atoms with van der Waals surface area (Å²) in [6.45, 7) is 8.66. The molecule has 1 fully saturated rings. The molecule has 0 aromatic heterocycles. The lowest BCUT2D eigenvalue weighted by atomic mass is 10.0. The number of esters is 1. The van der Waals surface area contributed by atoms with Gasteiger partial charge >= 0.3 is 5.97 Å². The van der Waals surface area contributed by atoms with E-state index in [4.69, 9.17) is 4.74 Å². The zero-order valence-electron chi connectivity index (χ0n) is 21.3. The molecule has 3 unspecified atom stereocenters. The lowest BCUT2D eigenvalue weighted by molar-refractivity contribution is -0.153. The molecule has 2 aliphatic heterocycles. The summed E-state index contributed by atoms with van der Waals surface area (Å²) < 4.78 is 5.65. The van der Waals surface area contributed by atoms with E-state index in [1.54, 1.807) is 40.7 Å². The summed E-state index contributed by atoms with van der Waals surface area (Å²) in [7, 11) is 2.95. The van der Waals surface area contributed by atoms with Crippen LogP contribution in [0.25, 0.3) is 0 Å². The van der Waals surface area contributed by atoms with Crippen LogP contribution in [-0.2, 0) is 28.7 Å². The van der Waals surface area contributed by atoms with Crippen LogP contribution in [0, 0.1) is 11.8 Å². The number of nitrogens with one attached hydrogen (secondary N) is 4. The van der Waals surface area contributed by atoms with Gasteiger partial charge in [-0.3, -0.25) is 19.2 Å². The second-order valence-electron chi connectivity index (χ2n) is 9.24. The molecule has 200 valence electrons. The standard InChI is InChI=1S/C24H36N4O6S2/c1-6-16-21(30)28-20(14(4)5)24(33)34-15-9-7-8-10-35-36-12-17(22(31)25-16)26-23(32)19(13(2)3)27-18(29)11-15/h6-7,9,13-15,17,19-20H,8,10-12H2,1-5H3,(H,25,31)(H,26,32)(H,27,29)(H,28,30)/b9-7+,16-6-/t15?,17?,19-,20?/m1/s1. The summed E-state index contributed by atoms with van der Waals surface area (Å²) in [6.07, 6.45) is 4.51. The maximum atomic E-state index is 13.2. The molecular formula is C24H36N4O6S2. The van der Waals surface area contributed by atoms with E-state index in [9.17, 15) is 24.0 Å². The molecule has 0 saturated carbocycles. The predicted molar refractivity (Wildman–Crippen MR) is 141 cm³/mol. The summed E-state index contributed by atoms with van der Waals surface area (Å²) in [5, 5.41) is 10.7. The first kappa shape index (κ1) is 29.8. The third-order valence-electron chi connectivity index (χ3n) is 5.59. The van der Waals surface area contributed by atoms with Gasteiger partial charge in [-0.15, -0.1) is 0 Å². The topological polar surface area (TPSA) is 143 Å². The number of hydrogen-bond donors (Lipinski definition) is 4. The number of allylic oxidation sites excluding steroid dienone is 2. The molecule has 0 spiro atoms. The minimum absolute atomic E-state index is 0.0445. The zero-order valence-corrected chi connectivity index (χ0v) is 22.9. The number of ether oxygens (including phenoxy) is 1. The molecule has 1 saturated heterocycles. The Morgan fingerprint density at radius 2 is 1.64 bits per heavy atom. The fourth-order valence-corrected chi connectivity index (χ4v) is 5.66. The van der Waals surface area contributed by atoms with Gasteiger partial charge in [0.2, 0.25) is 17.7 Å². The lowest BCUT2D eigenvalue weighted by Crippen LogP contribution is -2.57. The van der Waals surface area contributed by atoms with Crippen molar-refractivity contribution in [1.29, 1.82) is 0 Å². The molecular weight excluding hydrogens is 504 g/mol. The van der Waals surface area contributed by atoms with Crippen LogP contribution in [0.2, 0.25) is 0 Å². The molecule has 36 heavy (non-hydrogen) atoms. The molecule has 4 N–H and O–H groups in total. The predicted octanol–water partition coefficient (Wildman–Crippen LogP) is 1.43. The third-order valence-corrected chi connectivity index (χ3v) is 8.03. The van der Waals surface area contributed by atoms with Gasteiger partial charge in [0, 0.05) is 11.5 Å². The van der Waals surface area contributed by atoms with E-state index in [-0.39, 0.29) is 29.7 Å². The Morgan fingerprint density at radius 1 is 0.944 bits per heavy atom. The van der Waals surface area contributed by atoms with Gasteiger partial charge in [-0.25, -0.2) is 4.79 Å². The number of rotatable bonds is 2. The number of carbonyl (C=O) groups excluding carboxylic acids is 5. The molecule has 2 aliphatic rings. The highest BCUT2D eigenvalue weighted by atomic mass is 33.1. The molecule has 12 heteroatoms. The van der Waals surface area contributed by atoms with Crippen LogP contribution in [-0.4, -0.2) is 65.3 Å². The minimum atomic E-state index is -1.00. The number of hydrogen-bond acceptors (Lipinski definition) is 8. The first-order chi connectivity index (χ1) is 17.0. The Morgan fingerprint density at radius 3 is 2.28 bits per heavy atom. The molecule has 2 rings (SSSR count). The van der Waals surface area contributed by atoms with Crippen LogP contribution < -0.4 is 21.3 Å². The third kappa shape index (κ3) is 8.88. The van der Waals surface area contributed by atoms with E-state index >= 15 is 0 Å². The molecule has 0 radical (unpaired) electrons. The Hall–Kier alpha value is -2.47. The van der Waals surface area contributed by atoms with E-state index in [1.165, 1.54) is 27.7 Å². The van der Waals surface area contributed by atoms with E-state index in [0.717, 1.165) is 0 Å². The zero-order chi connectivity index (χ0) is 26.8. The summed E-state index contributed by atoms with van der Waals surface area (Å²) >= 11 is 0. The normalized spacial score (nSPS) is 29.6. The van der Waals surface area contributed by atoms with Crippen LogP contribution in [0.5, 0.6) is 0 Å². The van der Waals surface area contributed by atoms with Gasteiger partial charge in [0.1, 0.15) is 29.9 Å². The van der Waals surface area contributed by atoms with Crippen LogP contribution in [0.4, 0.5) is 0 Å². The monoisotopic (exact) mass is 540 g/mol. The Balaban J connectivity index is 2.55. The van der Waals surface area contributed by atoms with Gasteiger partial charge in [-0.1, -0.05) is 61.4 Å². The average Bonchev–Trinajstić information content (AvgIpc) is 2.81. The van der Waals surface area contributed by atoms with Crippen molar-refractivity contribution < 1.29 is 28.7 Å². The van der Waals surface area contributed by atoms with Crippen LogP contribution in [0.15, 0.2) is 23.9 Å². The molecule has 0 aromatic rings. The number of carbonyl (C=O) groups is 5. The van der Waals surface area contributed by atoms with Gasteiger partial charge in [-0.05, 0) is 31.3 Å². The highest BCUT2D eigenvalue weighted by Crippen LogP contribution is 2.24. The second-order valence-corrected chi connectivity index (χ2v) is 11.9. The molecule has 10 nitrogen and oxygen atoms in total. The number of amides is 4. The number of fused-ring (bicyclic) bond motifs is 7. The van der Waals surface area contributed by atoms with Crippen molar-refractivity contribution >= 4 is 51.2 Å². The lowest BCUT2D eigenvalue weighted by Gasteiger charge is -2.27. The first-order valence-corrected chi connectivity index (χ1v) is 14.5. The maximum Gasteiger partial charge on any atom is 0.329 e. The maximum absolute atomic E-state index is 13.2. The second kappa shape index (κ2) is 14.3. The van der Waals surface area contributed by atoms with Gasteiger partial charge in [0.25, 0.3) is 5.91 Å². The summed E-state index contributed by atoms with van der Waals surface area (Å²) in [5.41, 5.74) is -0.0445. The van der Waals surface area contributed by atoms with Gasteiger partial charge in [-0.2, -0.15) is 0 Å². The largest absolute Gasteiger partial charge is 0.456 e. The van der Waals surface area contributed by atoms with Crippen molar-refractivity contribution in [3.8, 4) is 0 Å². The van der Waals surface area contributed by atoms with Crippen molar-refractivity contribution in [1.82, 2.24) is 21.3 Å². The summed E-state index contributed by atoms with van der Waals surface area (Å²) in [5.74, 6) is -2.54. The fourth-order valence-electron chi connectivity index (χ4n) is 3.50. The van der Waals surface area contributed by atoms with Crippen molar-refractivity contribution in [2.45, 2.75) is 71.7 Å². The summed E-state index contributed by atoms with van der Waals surface area (Å²) in [4.78, 5) is 65.2. The average molecular weight is 541 g/mol. The minimum Gasteiger partial charge on any atom is -0.456 e. The van der Waals surface area contributed by atoms with Crippen molar-refractivity contribution in [2.24, 2.45) is 11.8 Å². The van der Waals surface area contributed by atoms with Crippen LogP contribution in [0.3, 0.4) is 0 Å². The van der Waals surface area contributed by atoms with Crippen molar-refractivity contribution in [2.75, 3.05) is 11.5 Å².